The zero-order chi connectivity index (χ0) is 14.4. The molecule has 1 amide bonds. The van der Waals surface area contributed by atoms with E-state index in [2.05, 4.69) is 29.0 Å². The first-order valence-corrected chi connectivity index (χ1v) is 8.09. The van der Waals surface area contributed by atoms with Crippen molar-refractivity contribution in [1.82, 2.24) is 15.1 Å². The molecule has 2 aliphatic rings. The normalized spacial score (nSPS) is 23.1. The van der Waals surface area contributed by atoms with Crippen molar-refractivity contribution in [3.05, 3.63) is 0 Å². The van der Waals surface area contributed by atoms with Gasteiger partial charge in [0.2, 0.25) is 5.91 Å². The Morgan fingerprint density at radius 3 is 2.25 bits per heavy atom. The van der Waals surface area contributed by atoms with E-state index in [0.29, 0.717) is 11.8 Å². The van der Waals surface area contributed by atoms with E-state index >= 15 is 0 Å². The van der Waals surface area contributed by atoms with E-state index < -0.39 is 0 Å². The van der Waals surface area contributed by atoms with Crippen molar-refractivity contribution in [3.8, 4) is 0 Å². The van der Waals surface area contributed by atoms with Gasteiger partial charge in [-0.05, 0) is 5.92 Å². The Morgan fingerprint density at radius 2 is 1.70 bits per heavy atom. The Hall–Kier alpha value is -0.650. The van der Waals surface area contributed by atoms with Crippen molar-refractivity contribution >= 4 is 5.91 Å². The van der Waals surface area contributed by atoms with Crippen LogP contribution in [-0.2, 0) is 9.53 Å². The van der Waals surface area contributed by atoms with Gasteiger partial charge in [-0.2, -0.15) is 0 Å². The molecular weight excluding hydrogens is 254 g/mol. The molecule has 5 heteroatoms. The standard InChI is InChI=1S/C15H29N3O2/c1-3-13(4-2)14(17-9-11-20-12-10-17)15(19)18-7-5-16-6-8-18/h13-14,16H,3-12H2,1-2H3. The van der Waals surface area contributed by atoms with Crippen LogP contribution in [0.5, 0.6) is 0 Å². The predicted octanol–water partition coefficient (Wildman–Crippen LogP) is 0.555. The van der Waals surface area contributed by atoms with Crippen LogP contribution in [0.15, 0.2) is 0 Å². The Bertz CT molecular complexity index is 295. The maximum atomic E-state index is 13.0. The van der Waals surface area contributed by atoms with Crippen LogP contribution in [0, 0.1) is 5.92 Å². The molecule has 0 aliphatic carbocycles. The molecule has 2 saturated heterocycles. The SMILES string of the molecule is CCC(CC)C(C(=O)N1CCNCC1)N1CCOCC1. The van der Waals surface area contributed by atoms with Crippen molar-refractivity contribution in [2.24, 2.45) is 5.92 Å². The van der Waals surface area contributed by atoms with E-state index in [-0.39, 0.29) is 6.04 Å². The summed E-state index contributed by atoms with van der Waals surface area (Å²) in [6.45, 7) is 11.2. The number of rotatable bonds is 5. The number of piperazine rings is 1. The molecule has 2 heterocycles. The first-order valence-electron chi connectivity index (χ1n) is 8.09. The van der Waals surface area contributed by atoms with Crippen LogP contribution in [0.2, 0.25) is 0 Å². The van der Waals surface area contributed by atoms with Gasteiger partial charge in [-0.25, -0.2) is 0 Å². The molecule has 0 aromatic rings. The van der Waals surface area contributed by atoms with Gasteiger partial charge in [0.25, 0.3) is 0 Å². The lowest BCUT2D eigenvalue weighted by Gasteiger charge is -2.41. The highest BCUT2D eigenvalue weighted by Gasteiger charge is 2.35. The van der Waals surface area contributed by atoms with Crippen molar-refractivity contribution < 1.29 is 9.53 Å². The number of morpholine rings is 1. The van der Waals surface area contributed by atoms with Crippen LogP contribution in [0.3, 0.4) is 0 Å². The molecular formula is C15H29N3O2. The minimum Gasteiger partial charge on any atom is -0.379 e. The molecule has 0 radical (unpaired) electrons. The molecule has 5 nitrogen and oxygen atoms in total. The average molecular weight is 283 g/mol. The fourth-order valence-electron chi connectivity index (χ4n) is 3.32. The monoisotopic (exact) mass is 283 g/mol. The molecule has 2 fully saturated rings. The van der Waals surface area contributed by atoms with Gasteiger partial charge < -0.3 is 15.0 Å². The Balaban J connectivity index is 2.09. The molecule has 1 unspecified atom stereocenters. The summed E-state index contributed by atoms with van der Waals surface area (Å²) in [4.78, 5) is 17.4. The lowest BCUT2D eigenvalue weighted by Crippen LogP contribution is -2.58. The third kappa shape index (κ3) is 3.71. The van der Waals surface area contributed by atoms with Crippen LogP contribution >= 0.6 is 0 Å². The predicted molar refractivity (Wildman–Crippen MR) is 79.7 cm³/mol. The second-order valence-electron chi connectivity index (χ2n) is 5.75. The topological polar surface area (TPSA) is 44.8 Å². The largest absolute Gasteiger partial charge is 0.379 e. The second kappa shape index (κ2) is 7.96. The molecule has 0 aromatic carbocycles. The van der Waals surface area contributed by atoms with Crippen LogP contribution < -0.4 is 5.32 Å². The van der Waals surface area contributed by atoms with Crippen LogP contribution in [0.4, 0.5) is 0 Å². The summed E-state index contributed by atoms with van der Waals surface area (Å²) >= 11 is 0. The van der Waals surface area contributed by atoms with Crippen LogP contribution in [0.25, 0.3) is 0 Å². The highest BCUT2D eigenvalue weighted by atomic mass is 16.5. The molecule has 0 saturated carbocycles. The molecule has 116 valence electrons. The van der Waals surface area contributed by atoms with Crippen molar-refractivity contribution in [2.45, 2.75) is 32.7 Å². The number of amides is 1. The molecule has 1 N–H and O–H groups in total. The number of carbonyl (C=O) groups is 1. The smallest absolute Gasteiger partial charge is 0.240 e. The third-order valence-electron chi connectivity index (χ3n) is 4.62. The third-order valence-corrected chi connectivity index (χ3v) is 4.62. The summed E-state index contributed by atoms with van der Waals surface area (Å²) in [6, 6.07) is 0.0481. The summed E-state index contributed by atoms with van der Waals surface area (Å²) < 4.78 is 5.45. The molecule has 0 spiro atoms. The molecule has 0 aromatic heterocycles. The first-order chi connectivity index (χ1) is 9.77. The van der Waals surface area contributed by atoms with E-state index in [0.717, 1.165) is 65.3 Å². The summed E-state index contributed by atoms with van der Waals surface area (Å²) in [7, 11) is 0. The zero-order valence-electron chi connectivity index (χ0n) is 12.9. The number of nitrogens with zero attached hydrogens (tertiary/aromatic N) is 2. The van der Waals surface area contributed by atoms with Gasteiger partial charge in [-0.3, -0.25) is 9.69 Å². The average Bonchev–Trinajstić information content (AvgIpc) is 2.53. The number of nitrogens with one attached hydrogen (secondary N) is 1. The van der Waals surface area contributed by atoms with Crippen molar-refractivity contribution in [3.63, 3.8) is 0 Å². The maximum absolute atomic E-state index is 13.0. The highest BCUT2D eigenvalue weighted by Crippen LogP contribution is 2.22. The second-order valence-corrected chi connectivity index (χ2v) is 5.75. The minimum absolute atomic E-state index is 0.0481. The quantitative estimate of drug-likeness (QED) is 0.800. The van der Waals surface area contributed by atoms with Gasteiger partial charge in [-0.15, -0.1) is 0 Å². The van der Waals surface area contributed by atoms with E-state index in [9.17, 15) is 4.79 Å². The Morgan fingerprint density at radius 1 is 1.10 bits per heavy atom. The first kappa shape index (κ1) is 15.7. The van der Waals surface area contributed by atoms with E-state index in [4.69, 9.17) is 4.74 Å². The lowest BCUT2D eigenvalue weighted by molar-refractivity contribution is -0.142. The number of hydrogen-bond donors (Lipinski definition) is 1. The Kier molecular flexibility index (Phi) is 6.26. The fraction of sp³-hybridized carbons (Fsp3) is 0.933. The minimum atomic E-state index is 0.0481. The highest BCUT2D eigenvalue weighted by molar-refractivity contribution is 5.82. The van der Waals surface area contributed by atoms with Gasteiger partial charge in [-0.1, -0.05) is 26.7 Å². The van der Waals surface area contributed by atoms with Crippen molar-refractivity contribution in [1.29, 1.82) is 0 Å². The van der Waals surface area contributed by atoms with Gasteiger partial charge in [0.1, 0.15) is 0 Å². The fourth-order valence-corrected chi connectivity index (χ4v) is 3.32. The van der Waals surface area contributed by atoms with Gasteiger partial charge >= 0.3 is 0 Å². The molecule has 1 atom stereocenters. The van der Waals surface area contributed by atoms with Gasteiger partial charge in [0.15, 0.2) is 0 Å². The Labute approximate surface area is 122 Å². The summed E-state index contributed by atoms with van der Waals surface area (Å²) in [5.41, 5.74) is 0. The summed E-state index contributed by atoms with van der Waals surface area (Å²) in [5.74, 6) is 0.789. The van der Waals surface area contributed by atoms with Gasteiger partial charge in [0, 0.05) is 39.3 Å². The van der Waals surface area contributed by atoms with E-state index in [1.54, 1.807) is 0 Å². The molecule has 20 heavy (non-hydrogen) atoms. The van der Waals surface area contributed by atoms with E-state index in [1.165, 1.54) is 0 Å². The number of hydrogen-bond acceptors (Lipinski definition) is 4. The molecule has 2 aliphatic heterocycles. The zero-order valence-corrected chi connectivity index (χ0v) is 12.9. The van der Waals surface area contributed by atoms with Crippen molar-refractivity contribution in [2.75, 3.05) is 52.5 Å². The van der Waals surface area contributed by atoms with Gasteiger partial charge in [0.05, 0.1) is 19.3 Å². The lowest BCUT2D eigenvalue weighted by atomic mass is 9.91. The summed E-state index contributed by atoms with van der Waals surface area (Å²) in [6.07, 6.45) is 2.13. The number of ether oxygens (including phenoxy) is 1. The molecule has 2 rings (SSSR count). The maximum Gasteiger partial charge on any atom is 0.240 e. The van der Waals surface area contributed by atoms with Crippen LogP contribution in [-0.4, -0.2) is 74.2 Å². The number of carbonyl (C=O) groups excluding carboxylic acids is 1. The summed E-state index contributed by atoms with van der Waals surface area (Å²) in [5, 5.41) is 3.32. The van der Waals surface area contributed by atoms with Crippen LogP contribution in [0.1, 0.15) is 26.7 Å². The van der Waals surface area contributed by atoms with E-state index in [1.807, 2.05) is 0 Å². The molecule has 0 bridgehead atoms.